The first-order valence-corrected chi connectivity index (χ1v) is 6.81. The third-order valence-electron chi connectivity index (χ3n) is 2.26. The number of nitrogen functional groups attached to an aromatic ring is 1. The number of hydrogen-bond donors (Lipinski definition) is 1. The van der Waals surface area contributed by atoms with Gasteiger partial charge in [0.15, 0.2) is 5.82 Å². The number of nitrogens with zero attached hydrogens (tertiary/aromatic N) is 2. The van der Waals surface area contributed by atoms with Gasteiger partial charge in [-0.1, -0.05) is 12.1 Å². The molecule has 0 radical (unpaired) electrons. The highest BCUT2D eigenvalue weighted by atomic mass is 32.1. The number of hydrogen-bond acceptors (Lipinski definition) is 5. The molecule has 0 aliphatic heterocycles. The van der Waals surface area contributed by atoms with Crippen molar-refractivity contribution in [1.82, 2.24) is 9.97 Å². The Bertz CT molecular complexity index is 563. The van der Waals surface area contributed by atoms with E-state index in [-0.39, 0.29) is 0 Å². The summed E-state index contributed by atoms with van der Waals surface area (Å²) in [7, 11) is 0. The summed E-state index contributed by atoms with van der Waals surface area (Å²) >= 11 is 3.26. The van der Waals surface area contributed by atoms with Crippen LogP contribution in [0.4, 0.5) is 5.82 Å². The Labute approximate surface area is 107 Å². The molecule has 0 atom stereocenters. The van der Waals surface area contributed by atoms with Crippen LogP contribution in [0, 0.1) is 0 Å². The SMILES string of the molecule is Nc1cc(-c2cccs2)nc(-c2cccs2)n1. The Balaban J connectivity index is 2.13. The zero-order valence-corrected chi connectivity index (χ0v) is 10.5. The van der Waals surface area contributed by atoms with Gasteiger partial charge in [0.05, 0.1) is 15.4 Å². The molecular formula is C12H9N3S2. The van der Waals surface area contributed by atoms with Gasteiger partial charge in [-0.05, 0) is 22.9 Å². The van der Waals surface area contributed by atoms with Crippen molar-refractivity contribution >= 4 is 28.5 Å². The van der Waals surface area contributed by atoms with Crippen LogP contribution in [-0.2, 0) is 0 Å². The van der Waals surface area contributed by atoms with Crippen LogP contribution < -0.4 is 5.73 Å². The fourth-order valence-corrected chi connectivity index (χ4v) is 2.88. The summed E-state index contributed by atoms with van der Waals surface area (Å²) in [5.74, 6) is 1.20. The third kappa shape index (κ3) is 2.07. The molecule has 0 fully saturated rings. The van der Waals surface area contributed by atoms with E-state index in [1.54, 1.807) is 22.7 Å². The van der Waals surface area contributed by atoms with Gasteiger partial charge in [-0.3, -0.25) is 0 Å². The molecule has 84 valence electrons. The Kier molecular flexibility index (Phi) is 2.62. The van der Waals surface area contributed by atoms with E-state index in [9.17, 15) is 0 Å². The van der Waals surface area contributed by atoms with Crippen LogP contribution in [0.3, 0.4) is 0 Å². The molecule has 0 spiro atoms. The Morgan fingerprint density at radius 1 is 0.941 bits per heavy atom. The second-order valence-electron chi connectivity index (χ2n) is 3.46. The minimum atomic E-state index is 0.506. The van der Waals surface area contributed by atoms with Gasteiger partial charge in [0.2, 0.25) is 0 Å². The van der Waals surface area contributed by atoms with E-state index in [2.05, 4.69) is 9.97 Å². The number of rotatable bonds is 2. The highest BCUT2D eigenvalue weighted by Crippen LogP contribution is 2.28. The molecule has 3 aromatic heterocycles. The monoisotopic (exact) mass is 259 g/mol. The fourth-order valence-electron chi connectivity index (χ4n) is 1.53. The summed E-state index contributed by atoms with van der Waals surface area (Å²) in [6.45, 7) is 0. The van der Waals surface area contributed by atoms with Crippen LogP contribution in [0.15, 0.2) is 41.1 Å². The predicted molar refractivity (Wildman–Crippen MR) is 73.1 cm³/mol. The third-order valence-corrected chi connectivity index (χ3v) is 4.02. The summed E-state index contributed by atoms with van der Waals surface area (Å²) in [5.41, 5.74) is 6.71. The minimum Gasteiger partial charge on any atom is -0.384 e. The molecule has 17 heavy (non-hydrogen) atoms. The molecule has 0 aromatic carbocycles. The molecule has 3 rings (SSSR count). The van der Waals surface area contributed by atoms with Crippen molar-refractivity contribution < 1.29 is 0 Å². The van der Waals surface area contributed by atoms with Crippen molar-refractivity contribution in [1.29, 1.82) is 0 Å². The molecule has 0 saturated carbocycles. The molecule has 0 bridgehead atoms. The molecule has 0 aliphatic carbocycles. The highest BCUT2D eigenvalue weighted by molar-refractivity contribution is 7.13. The maximum absolute atomic E-state index is 5.83. The maximum atomic E-state index is 5.83. The molecule has 3 aromatic rings. The molecule has 0 unspecified atom stereocenters. The molecular weight excluding hydrogens is 250 g/mol. The second-order valence-corrected chi connectivity index (χ2v) is 5.35. The van der Waals surface area contributed by atoms with Gasteiger partial charge >= 0.3 is 0 Å². The standard InChI is InChI=1S/C12H9N3S2/c13-11-7-8(9-3-1-5-16-9)14-12(15-11)10-4-2-6-17-10/h1-7H,(H2,13,14,15). The van der Waals surface area contributed by atoms with E-state index in [4.69, 9.17) is 5.73 Å². The highest BCUT2D eigenvalue weighted by Gasteiger charge is 2.08. The van der Waals surface area contributed by atoms with Crippen LogP contribution in [0.5, 0.6) is 0 Å². The van der Waals surface area contributed by atoms with Gasteiger partial charge in [0.25, 0.3) is 0 Å². The van der Waals surface area contributed by atoms with Crippen LogP contribution in [0.25, 0.3) is 21.3 Å². The van der Waals surface area contributed by atoms with E-state index in [0.717, 1.165) is 15.4 Å². The van der Waals surface area contributed by atoms with Gasteiger partial charge < -0.3 is 5.73 Å². The maximum Gasteiger partial charge on any atom is 0.172 e. The Morgan fingerprint density at radius 2 is 1.65 bits per heavy atom. The Hall–Kier alpha value is -1.72. The summed E-state index contributed by atoms with van der Waals surface area (Å²) in [5, 5.41) is 4.03. The zero-order valence-electron chi connectivity index (χ0n) is 8.83. The summed E-state index contributed by atoms with van der Waals surface area (Å²) in [6, 6.07) is 9.83. The topological polar surface area (TPSA) is 51.8 Å². The van der Waals surface area contributed by atoms with Crippen molar-refractivity contribution in [3.8, 4) is 21.3 Å². The van der Waals surface area contributed by atoms with Gasteiger partial charge in [-0.2, -0.15) is 0 Å². The lowest BCUT2D eigenvalue weighted by atomic mass is 10.3. The molecule has 3 heterocycles. The molecule has 0 amide bonds. The van der Waals surface area contributed by atoms with Gasteiger partial charge in [0.1, 0.15) is 5.82 Å². The second kappa shape index (κ2) is 4.27. The van der Waals surface area contributed by atoms with E-state index < -0.39 is 0 Å². The fraction of sp³-hybridized carbons (Fsp3) is 0. The van der Waals surface area contributed by atoms with Crippen LogP contribution in [0.1, 0.15) is 0 Å². The Morgan fingerprint density at radius 3 is 2.29 bits per heavy atom. The van der Waals surface area contributed by atoms with Crippen molar-refractivity contribution in [3.05, 3.63) is 41.1 Å². The molecule has 5 heteroatoms. The normalized spacial score (nSPS) is 10.6. The van der Waals surface area contributed by atoms with E-state index in [1.807, 2.05) is 41.1 Å². The average Bonchev–Trinajstić information content (AvgIpc) is 3.02. The van der Waals surface area contributed by atoms with E-state index in [1.165, 1.54) is 0 Å². The molecule has 0 saturated heterocycles. The van der Waals surface area contributed by atoms with Gasteiger partial charge in [-0.25, -0.2) is 9.97 Å². The average molecular weight is 259 g/mol. The lowest BCUT2D eigenvalue weighted by molar-refractivity contribution is 1.20. The van der Waals surface area contributed by atoms with Crippen LogP contribution >= 0.6 is 22.7 Å². The first kappa shape index (κ1) is 10.4. The zero-order chi connectivity index (χ0) is 11.7. The van der Waals surface area contributed by atoms with Crippen molar-refractivity contribution in [2.75, 3.05) is 5.73 Å². The number of nitrogens with two attached hydrogens (primary N) is 1. The lowest BCUT2D eigenvalue weighted by Gasteiger charge is -2.02. The van der Waals surface area contributed by atoms with E-state index in [0.29, 0.717) is 11.6 Å². The predicted octanol–water partition coefficient (Wildman–Crippen LogP) is 3.52. The largest absolute Gasteiger partial charge is 0.384 e. The van der Waals surface area contributed by atoms with E-state index >= 15 is 0 Å². The number of anilines is 1. The molecule has 0 aliphatic rings. The van der Waals surface area contributed by atoms with Crippen molar-refractivity contribution in [2.24, 2.45) is 0 Å². The number of aromatic nitrogens is 2. The summed E-state index contributed by atoms with van der Waals surface area (Å²) in [6.07, 6.45) is 0. The van der Waals surface area contributed by atoms with Crippen molar-refractivity contribution in [3.63, 3.8) is 0 Å². The smallest absolute Gasteiger partial charge is 0.172 e. The quantitative estimate of drug-likeness (QED) is 0.766. The first-order valence-electron chi connectivity index (χ1n) is 5.05. The van der Waals surface area contributed by atoms with Gasteiger partial charge in [-0.15, -0.1) is 22.7 Å². The first-order chi connectivity index (χ1) is 8.33. The van der Waals surface area contributed by atoms with Gasteiger partial charge in [0, 0.05) is 6.07 Å². The minimum absolute atomic E-state index is 0.506. The number of thiophene rings is 2. The lowest BCUT2D eigenvalue weighted by Crippen LogP contribution is -1.96. The van der Waals surface area contributed by atoms with Crippen molar-refractivity contribution in [2.45, 2.75) is 0 Å². The van der Waals surface area contributed by atoms with Crippen LogP contribution in [0.2, 0.25) is 0 Å². The van der Waals surface area contributed by atoms with Crippen LogP contribution in [-0.4, -0.2) is 9.97 Å². The summed E-state index contributed by atoms with van der Waals surface area (Å²) in [4.78, 5) is 11.0. The molecule has 3 nitrogen and oxygen atoms in total. The summed E-state index contributed by atoms with van der Waals surface area (Å²) < 4.78 is 0. The molecule has 2 N–H and O–H groups in total.